The molecule has 8 heteroatoms. The Kier molecular flexibility index (Phi) is 5.05. The molecule has 2 aromatic rings. The van der Waals surface area contributed by atoms with E-state index in [0.29, 0.717) is 17.1 Å². The summed E-state index contributed by atoms with van der Waals surface area (Å²) in [5.74, 6) is 2.04. The zero-order valence-electron chi connectivity index (χ0n) is 13.9. The summed E-state index contributed by atoms with van der Waals surface area (Å²) in [7, 11) is 0. The van der Waals surface area contributed by atoms with E-state index in [9.17, 15) is 9.90 Å². The number of furan rings is 1. The fourth-order valence-corrected chi connectivity index (χ4v) is 2.41. The average Bonchev–Trinajstić information content (AvgIpc) is 3.09. The molecular weight excluding hydrogens is 298 g/mol. The van der Waals surface area contributed by atoms with Gasteiger partial charge in [0.15, 0.2) is 5.82 Å². The van der Waals surface area contributed by atoms with Gasteiger partial charge >= 0.3 is 6.03 Å². The van der Waals surface area contributed by atoms with Gasteiger partial charge in [0.1, 0.15) is 23.4 Å². The number of hydrogen-bond donors (Lipinski definition) is 3. The van der Waals surface area contributed by atoms with Crippen molar-refractivity contribution in [3.05, 3.63) is 35.3 Å². The number of amides is 2. The van der Waals surface area contributed by atoms with Crippen LogP contribution in [0.3, 0.4) is 0 Å². The lowest BCUT2D eigenvalue weighted by Gasteiger charge is -2.23. The Morgan fingerprint density at radius 1 is 1.43 bits per heavy atom. The maximum atomic E-state index is 11.9. The van der Waals surface area contributed by atoms with Crippen molar-refractivity contribution >= 4 is 6.03 Å². The van der Waals surface area contributed by atoms with Gasteiger partial charge in [-0.3, -0.25) is 0 Å². The maximum absolute atomic E-state index is 11.9. The van der Waals surface area contributed by atoms with Gasteiger partial charge in [0, 0.05) is 12.1 Å². The Balaban J connectivity index is 1.87. The molecule has 0 fully saturated rings. The Morgan fingerprint density at radius 3 is 2.78 bits per heavy atom. The topological polar surface area (TPSA) is 105 Å². The Morgan fingerprint density at radius 2 is 2.17 bits per heavy atom. The number of urea groups is 1. The highest BCUT2D eigenvalue weighted by Gasteiger charge is 2.28. The van der Waals surface area contributed by atoms with Crippen molar-refractivity contribution in [1.82, 2.24) is 25.4 Å². The zero-order chi connectivity index (χ0) is 17.0. The largest absolute Gasteiger partial charge is 0.466 e. The first kappa shape index (κ1) is 17.0. The molecule has 0 aliphatic rings. The molecular formula is C15H23N5O3. The maximum Gasteiger partial charge on any atom is 0.315 e. The van der Waals surface area contributed by atoms with E-state index in [1.165, 1.54) is 0 Å². The van der Waals surface area contributed by atoms with Crippen LogP contribution in [0.2, 0.25) is 0 Å². The van der Waals surface area contributed by atoms with Gasteiger partial charge in [0.05, 0.1) is 13.1 Å². The number of rotatable bonds is 6. The molecule has 0 saturated carbocycles. The van der Waals surface area contributed by atoms with E-state index in [0.717, 1.165) is 12.3 Å². The Hall–Kier alpha value is -2.35. The molecule has 3 N–H and O–H groups in total. The minimum atomic E-state index is -1.21. The predicted molar refractivity (Wildman–Crippen MR) is 83.7 cm³/mol. The lowest BCUT2D eigenvalue weighted by Crippen LogP contribution is -2.43. The van der Waals surface area contributed by atoms with E-state index in [4.69, 9.17) is 4.42 Å². The normalized spacial score (nSPS) is 13.6. The molecule has 126 valence electrons. The van der Waals surface area contributed by atoms with Crippen LogP contribution < -0.4 is 10.6 Å². The quantitative estimate of drug-likeness (QED) is 0.742. The van der Waals surface area contributed by atoms with Gasteiger partial charge in [0.2, 0.25) is 0 Å². The smallest absolute Gasteiger partial charge is 0.315 e. The molecule has 0 saturated heterocycles. The first-order valence-electron chi connectivity index (χ1n) is 7.51. The van der Waals surface area contributed by atoms with Crippen LogP contribution in [-0.2, 0) is 18.7 Å². The summed E-state index contributed by atoms with van der Waals surface area (Å²) in [6, 6.07) is 1.40. The van der Waals surface area contributed by atoms with Gasteiger partial charge < -0.3 is 24.7 Å². The number of aromatic nitrogens is 3. The number of nitrogens with one attached hydrogen (secondary N) is 2. The van der Waals surface area contributed by atoms with Crippen LogP contribution in [0.25, 0.3) is 0 Å². The molecule has 1 atom stereocenters. The summed E-state index contributed by atoms with van der Waals surface area (Å²) in [6.45, 7) is 8.28. The molecule has 8 nitrogen and oxygen atoms in total. The molecule has 0 spiro atoms. The zero-order valence-corrected chi connectivity index (χ0v) is 13.9. The van der Waals surface area contributed by atoms with Crippen molar-refractivity contribution in [1.29, 1.82) is 0 Å². The van der Waals surface area contributed by atoms with Gasteiger partial charge in [0.25, 0.3) is 0 Å². The van der Waals surface area contributed by atoms with E-state index in [1.807, 2.05) is 18.4 Å². The number of carbonyl (C=O) groups is 1. The van der Waals surface area contributed by atoms with Gasteiger partial charge in [-0.05, 0) is 33.8 Å². The number of nitrogens with zero attached hydrogens (tertiary/aromatic N) is 3. The molecule has 0 aromatic carbocycles. The Labute approximate surface area is 134 Å². The number of aliphatic hydroxyl groups is 1. The lowest BCUT2D eigenvalue weighted by atomic mass is 9.96. The van der Waals surface area contributed by atoms with Crippen LogP contribution in [0, 0.1) is 13.8 Å². The van der Waals surface area contributed by atoms with Crippen molar-refractivity contribution in [2.75, 3.05) is 6.54 Å². The molecule has 2 amide bonds. The van der Waals surface area contributed by atoms with Crippen LogP contribution >= 0.6 is 0 Å². The number of aryl methyl sites for hydroxylation is 3. The Bertz CT molecular complexity index is 674. The third-order valence-electron chi connectivity index (χ3n) is 3.66. The van der Waals surface area contributed by atoms with Crippen LogP contribution in [0.15, 0.2) is 16.8 Å². The monoisotopic (exact) mass is 321 g/mol. The third kappa shape index (κ3) is 4.10. The van der Waals surface area contributed by atoms with Gasteiger partial charge in [-0.2, -0.15) is 0 Å². The summed E-state index contributed by atoms with van der Waals surface area (Å²) >= 11 is 0. The summed E-state index contributed by atoms with van der Waals surface area (Å²) in [4.78, 5) is 11.9. The predicted octanol–water partition coefficient (Wildman–Crippen LogP) is 1.21. The minimum Gasteiger partial charge on any atom is -0.466 e. The minimum absolute atomic E-state index is 0.0686. The van der Waals surface area contributed by atoms with Crippen molar-refractivity contribution in [3.63, 3.8) is 0 Å². The molecule has 23 heavy (non-hydrogen) atoms. The first-order chi connectivity index (χ1) is 10.8. The lowest BCUT2D eigenvalue weighted by molar-refractivity contribution is 0.0578. The molecule has 1 unspecified atom stereocenters. The van der Waals surface area contributed by atoms with Crippen molar-refractivity contribution in [2.45, 2.75) is 46.4 Å². The third-order valence-corrected chi connectivity index (χ3v) is 3.66. The van der Waals surface area contributed by atoms with Crippen LogP contribution in [0.5, 0.6) is 0 Å². The van der Waals surface area contributed by atoms with Crippen molar-refractivity contribution in [3.8, 4) is 0 Å². The van der Waals surface area contributed by atoms with E-state index >= 15 is 0 Å². The first-order valence-corrected chi connectivity index (χ1v) is 7.51. The standard InChI is InChI=1S/C15H23N5O3/c1-5-20-9-18-19-13(20)7-16-14(21)17-8-15(4,22)12-6-10(2)23-11(12)3/h6,9,22H,5,7-8H2,1-4H3,(H2,16,17,21). The molecule has 2 aromatic heterocycles. The van der Waals surface area contributed by atoms with Gasteiger partial charge in [-0.25, -0.2) is 4.79 Å². The summed E-state index contributed by atoms with van der Waals surface area (Å²) in [6.07, 6.45) is 1.61. The van der Waals surface area contributed by atoms with E-state index in [2.05, 4.69) is 20.8 Å². The number of carbonyl (C=O) groups excluding carboxylic acids is 1. The van der Waals surface area contributed by atoms with Crippen LogP contribution in [0.1, 0.15) is 36.8 Å². The number of hydrogen-bond acceptors (Lipinski definition) is 5. The SMILES string of the molecule is CCn1cnnc1CNC(=O)NCC(C)(O)c1cc(C)oc1C. The fourth-order valence-electron chi connectivity index (χ4n) is 2.41. The second-order valence-electron chi connectivity index (χ2n) is 5.67. The highest BCUT2D eigenvalue weighted by atomic mass is 16.3. The van der Waals surface area contributed by atoms with Gasteiger partial charge in [-0.1, -0.05) is 0 Å². The van der Waals surface area contributed by atoms with Gasteiger partial charge in [-0.15, -0.1) is 10.2 Å². The fraction of sp³-hybridized carbons (Fsp3) is 0.533. The molecule has 0 bridgehead atoms. The molecule has 2 rings (SSSR count). The average molecular weight is 321 g/mol. The molecule has 0 aliphatic heterocycles. The van der Waals surface area contributed by atoms with E-state index in [1.54, 1.807) is 26.2 Å². The van der Waals surface area contributed by atoms with Crippen LogP contribution in [0.4, 0.5) is 4.79 Å². The second-order valence-corrected chi connectivity index (χ2v) is 5.67. The molecule has 0 radical (unpaired) electrons. The van der Waals surface area contributed by atoms with Crippen LogP contribution in [-0.4, -0.2) is 32.4 Å². The van der Waals surface area contributed by atoms with Crippen molar-refractivity contribution in [2.24, 2.45) is 0 Å². The summed E-state index contributed by atoms with van der Waals surface area (Å²) < 4.78 is 7.26. The summed E-state index contributed by atoms with van der Waals surface area (Å²) in [5.41, 5.74) is -0.538. The highest BCUT2D eigenvalue weighted by molar-refractivity contribution is 5.73. The molecule has 2 heterocycles. The second kappa shape index (κ2) is 6.82. The van der Waals surface area contributed by atoms with E-state index < -0.39 is 5.60 Å². The van der Waals surface area contributed by atoms with E-state index in [-0.39, 0.29) is 19.1 Å². The van der Waals surface area contributed by atoms with Crippen molar-refractivity contribution < 1.29 is 14.3 Å². The highest BCUT2D eigenvalue weighted by Crippen LogP contribution is 2.26. The molecule has 0 aliphatic carbocycles. The summed E-state index contributed by atoms with van der Waals surface area (Å²) in [5, 5.41) is 23.6.